The summed E-state index contributed by atoms with van der Waals surface area (Å²) in [6.45, 7) is 4.42. The lowest BCUT2D eigenvalue weighted by atomic mass is 10.1. The zero-order chi connectivity index (χ0) is 17.9. The van der Waals surface area contributed by atoms with Crippen molar-refractivity contribution in [3.05, 3.63) is 35.9 Å². The summed E-state index contributed by atoms with van der Waals surface area (Å²) in [5.41, 5.74) is 2.95. The van der Waals surface area contributed by atoms with Gasteiger partial charge in [0.25, 0.3) is 0 Å². The second kappa shape index (κ2) is 10.8. The molecule has 0 bridgehead atoms. The molecule has 6 nitrogen and oxygen atoms in total. The van der Waals surface area contributed by atoms with E-state index in [0.29, 0.717) is 12.8 Å². The maximum absolute atomic E-state index is 12.3. The minimum Gasteiger partial charge on any atom is -0.340 e. The van der Waals surface area contributed by atoms with E-state index in [9.17, 15) is 9.59 Å². The number of amides is 2. The topological polar surface area (TPSA) is 72.9 Å². The van der Waals surface area contributed by atoms with Crippen molar-refractivity contribution >= 4 is 11.8 Å². The van der Waals surface area contributed by atoms with Crippen LogP contribution in [0.2, 0.25) is 0 Å². The molecule has 1 aliphatic rings. The van der Waals surface area contributed by atoms with Crippen LogP contribution in [0.5, 0.6) is 0 Å². The fourth-order valence-electron chi connectivity index (χ4n) is 3.13. The molecule has 0 radical (unpaired) electrons. The fourth-order valence-corrected chi connectivity index (χ4v) is 3.13. The van der Waals surface area contributed by atoms with Crippen molar-refractivity contribution in [2.75, 3.05) is 26.2 Å². The van der Waals surface area contributed by atoms with E-state index in [2.05, 4.69) is 29.2 Å². The number of hydrogen-bond acceptors (Lipinski definition) is 4. The first kappa shape index (κ1) is 19.4. The molecule has 2 rings (SSSR count). The van der Waals surface area contributed by atoms with Crippen molar-refractivity contribution in [3.63, 3.8) is 0 Å². The standard InChI is InChI=1S/C19H29N3O3/c23-18(20-25)10-6-1-2-7-11-19(24)22-14-12-21(13-15-22)16-17-8-4-3-5-9-17/h3-5,8-9,25H,1-2,6-7,10-16H2,(H,20,23). The highest BCUT2D eigenvalue weighted by atomic mass is 16.5. The van der Waals surface area contributed by atoms with Crippen LogP contribution in [0.1, 0.15) is 44.1 Å². The zero-order valence-electron chi connectivity index (χ0n) is 14.8. The SMILES string of the molecule is O=C(CCCCCCC(=O)N1CCN(Cc2ccccc2)CC1)NO. The number of piperazine rings is 1. The maximum atomic E-state index is 12.3. The largest absolute Gasteiger partial charge is 0.340 e. The molecule has 1 saturated heterocycles. The van der Waals surface area contributed by atoms with Crippen LogP contribution < -0.4 is 5.48 Å². The van der Waals surface area contributed by atoms with Crippen LogP contribution in [0.3, 0.4) is 0 Å². The third-order valence-electron chi connectivity index (χ3n) is 4.64. The minimum absolute atomic E-state index is 0.243. The molecule has 138 valence electrons. The Morgan fingerprint density at radius 1 is 0.920 bits per heavy atom. The molecule has 0 saturated carbocycles. The highest BCUT2D eigenvalue weighted by Crippen LogP contribution is 2.11. The number of hydroxylamine groups is 1. The van der Waals surface area contributed by atoms with E-state index in [1.807, 2.05) is 11.0 Å². The van der Waals surface area contributed by atoms with Crippen molar-refractivity contribution in [2.45, 2.75) is 45.1 Å². The summed E-state index contributed by atoms with van der Waals surface area (Å²) in [5, 5.41) is 8.40. The second-order valence-electron chi connectivity index (χ2n) is 6.59. The molecule has 0 aliphatic carbocycles. The van der Waals surface area contributed by atoms with Gasteiger partial charge in [0, 0.05) is 45.6 Å². The molecule has 1 aliphatic heterocycles. The molecule has 0 spiro atoms. The van der Waals surface area contributed by atoms with Crippen molar-refractivity contribution in [1.29, 1.82) is 0 Å². The Kier molecular flexibility index (Phi) is 8.42. The predicted octanol–water partition coefficient (Wildman–Crippen LogP) is 2.18. The molecule has 2 amide bonds. The number of unbranched alkanes of at least 4 members (excludes halogenated alkanes) is 3. The molecule has 0 unspecified atom stereocenters. The second-order valence-corrected chi connectivity index (χ2v) is 6.59. The van der Waals surface area contributed by atoms with E-state index < -0.39 is 0 Å². The molecule has 1 aromatic rings. The smallest absolute Gasteiger partial charge is 0.243 e. The van der Waals surface area contributed by atoms with Gasteiger partial charge in [-0.1, -0.05) is 43.2 Å². The number of hydrogen-bond donors (Lipinski definition) is 2. The van der Waals surface area contributed by atoms with Crippen LogP contribution in [0.25, 0.3) is 0 Å². The summed E-state index contributed by atoms with van der Waals surface area (Å²) in [4.78, 5) is 27.5. The molecule has 1 heterocycles. The van der Waals surface area contributed by atoms with Gasteiger partial charge in [-0.25, -0.2) is 5.48 Å². The van der Waals surface area contributed by atoms with Gasteiger partial charge in [-0.05, 0) is 18.4 Å². The van der Waals surface area contributed by atoms with Crippen LogP contribution in [0.15, 0.2) is 30.3 Å². The van der Waals surface area contributed by atoms with Crippen LogP contribution in [0, 0.1) is 0 Å². The van der Waals surface area contributed by atoms with Gasteiger partial charge in [0.1, 0.15) is 0 Å². The first-order valence-corrected chi connectivity index (χ1v) is 9.16. The van der Waals surface area contributed by atoms with Gasteiger partial charge in [0.05, 0.1) is 0 Å². The first-order valence-electron chi connectivity index (χ1n) is 9.16. The Balaban J connectivity index is 1.56. The molecule has 25 heavy (non-hydrogen) atoms. The highest BCUT2D eigenvalue weighted by molar-refractivity contribution is 5.76. The van der Waals surface area contributed by atoms with Crippen LogP contribution in [-0.2, 0) is 16.1 Å². The number of benzene rings is 1. The minimum atomic E-state index is -0.343. The van der Waals surface area contributed by atoms with E-state index in [0.717, 1.165) is 58.4 Å². The Bertz CT molecular complexity index is 528. The summed E-state index contributed by atoms with van der Waals surface area (Å²) in [7, 11) is 0. The Morgan fingerprint density at radius 2 is 1.56 bits per heavy atom. The van der Waals surface area contributed by atoms with Gasteiger partial charge in [0.2, 0.25) is 11.8 Å². The summed E-state index contributed by atoms with van der Waals surface area (Å²) < 4.78 is 0. The highest BCUT2D eigenvalue weighted by Gasteiger charge is 2.20. The van der Waals surface area contributed by atoms with Crippen molar-refractivity contribution in [2.24, 2.45) is 0 Å². The lowest BCUT2D eigenvalue weighted by molar-refractivity contribution is -0.133. The zero-order valence-corrected chi connectivity index (χ0v) is 14.8. The van der Waals surface area contributed by atoms with Crippen molar-refractivity contribution < 1.29 is 14.8 Å². The van der Waals surface area contributed by atoms with Crippen LogP contribution in [-0.4, -0.2) is 53.0 Å². The normalized spacial score (nSPS) is 15.2. The lowest BCUT2D eigenvalue weighted by Gasteiger charge is -2.34. The van der Waals surface area contributed by atoms with E-state index in [1.54, 1.807) is 5.48 Å². The van der Waals surface area contributed by atoms with E-state index in [1.165, 1.54) is 5.56 Å². The summed E-state index contributed by atoms with van der Waals surface area (Å²) in [6.07, 6.45) is 4.39. The van der Waals surface area contributed by atoms with Gasteiger partial charge in [-0.15, -0.1) is 0 Å². The average Bonchev–Trinajstić information content (AvgIpc) is 2.65. The third kappa shape index (κ3) is 7.23. The Morgan fingerprint density at radius 3 is 2.20 bits per heavy atom. The number of rotatable bonds is 9. The molecular weight excluding hydrogens is 318 g/mol. The number of nitrogens with zero attached hydrogens (tertiary/aromatic N) is 2. The average molecular weight is 347 g/mol. The van der Waals surface area contributed by atoms with E-state index in [4.69, 9.17) is 5.21 Å². The summed E-state index contributed by atoms with van der Waals surface area (Å²) in [6, 6.07) is 10.4. The molecule has 2 N–H and O–H groups in total. The van der Waals surface area contributed by atoms with Gasteiger partial charge in [0.15, 0.2) is 0 Å². The van der Waals surface area contributed by atoms with Crippen LogP contribution in [0.4, 0.5) is 0 Å². The molecule has 6 heteroatoms. The molecule has 1 aromatic carbocycles. The number of carbonyl (C=O) groups is 2. The Hall–Kier alpha value is -1.92. The van der Waals surface area contributed by atoms with E-state index >= 15 is 0 Å². The summed E-state index contributed by atoms with van der Waals surface area (Å²) in [5.74, 6) is -0.100. The fraction of sp³-hybridized carbons (Fsp3) is 0.579. The van der Waals surface area contributed by atoms with Gasteiger partial charge in [-0.3, -0.25) is 19.7 Å². The van der Waals surface area contributed by atoms with Crippen molar-refractivity contribution in [3.8, 4) is 0 Å². The van der Waals surface area contributed by atoms with Gasteiger partial charge in [-0.2, -0.15) is 0 Å². The van der Waals surface area contributed by atoms with Crippen molar-refractivity contribution in [1.82, 2.24) is 15.3 Å². The summed E-state index contributed by atoms with van der Waals surface area (Å²) >= 11 is 0. The quantitative estimate of drug-likeness (QED) is 0.408. The lowest BCUT2D eigenvalue weighted by Crippen LogP contribution is -2.48. The molecule has 0 aromatic heterocycles. The van der Waals surface area contributed by atoms with E-state index in [-0.39, 0.29) is 11.8 Å². The predicted molar refractivity (Wildman–Crippen MR) is 95.9 cm³/mol. The number of nitrogens with one attached hydrogen (secondary N) is 1. The molecule has 1 fully saturated rings. The molecular formula is C19H29N3O3. The number of carbonyl (C=O) groups excluding carboxylic acids is 2. The van der Waals surface area contributed by atoms with Gasteiger partial charge >= 0.3 is 0 Å². The first-order chi connectivity index (χ1) is 12.2. The maximum Gasteiger partial charge on any atom is 0.243 e. The molecule has 0 atom stereocenters. The Labute approximate surface area is 149 Å². The van der Waals surface area contributed by atoms with Crippen LogP contribution >= 0.6 is 0 Å². The third-order valence-corrected chi connectivity index (χ3v) is 4.64. The van der Waals surface area contributed by atoms with Gasteiger partial charge < -0.3 is 4.90 Å². The monoisotopic (exact) mass is 347 g/mol.